The third-order valence-corrected chi connectivity index (χ3v) is 5.49. The van der Waals surface area contributed by atoms with Gasteiger partial charge in [-0.2, -0.15) is 0 Å². The highest BCUT2D eigenvalue weighted by Crippen LogP contribution is 2.20. The topological polar surface area (TPSA) is 49.4 Å². The maximum Gasteiger partial charge on any atom is 0.151 e. The van der Waals surface area contributed by atoms with Crippen LogP contribution in [0, 0.1) is 5.92 Å². The summed E-state index contributed by atoms with van der Waals surface area (Å²) in [6, 6.07) is 0.458. The van der Waals surface area contributed by atoms with E-state index < -0.39 is 9.84 Å². The van der Waals surface area contributed by atoms with E-state index in [9.17, 15) is 8.42 Å². The summed E-state index contributed by atoms with van der Waals surface area (Å²) in [7, 11) is -2.87. The Labute approximate surface area is 118 Å². The molecule has 0 saturated carbocycles. The molecule has 5 heteroatoms. The molecule has 1 aliphatic heterocycles. The molecule has 1 rings (SSSR count). The van der Waals surface area contributed by atoms with E-state index in [0.717, 1.165) is 19.5 Å². The van der Waals surface area contributed by atoms with E-state index in [1.807, 2.05) is 0 Å². The SMILES string of the molecule is CCS(=O)(=O)CCN1CC(C)(C)NCC1CC(C)C. The molecule has 0 aromatic carbocycles. The van der Waals surface area contributed by atoms with Crippen molar-refractivity contribution in [3.05, 3.63) is 0 Å². The Kier molecular flexibility index (Phi) is 5.83. The van der Waals surface area contributed by atoms with E-state index in [1.54, 1.807) is 6.92 Å². The zero-order valence-corrected chi connectivity index (χ0v) is 13.9. The molecule has 114 valence electrons. The first-order chi connectivity index (χ1) is 8.65. The number of nitrogens with one attached hydrogen (secondary N) is 1. The molecule has 1 atom stereocenters. The van der Waals surface area contributed by atoms with Gasteiger partial charge in [0.1, 0.15) is 0 Å². The average Bonchev–Trinajstić information content (AvgIpc) is 2.29. The molecule has 0 aliphatic carbocycles. The normalized spacial score (nSPS) is 24.8. The van der Waals surface area contributed by atoms with E-state index in [-0.39, 0.29) is 17.0 Å². The molecule has 1 saturated heterocycles. The molecule has 0 amide bonds. The molecule has 4 nitrogen and oxygen atoms in total. The average molecular weight is 290 g/mol. The molecule has 1 N–H and O–H groups in total. The Balaban J connectivity index is 2.66. The Morgan fingerprint density at radius 3 is 2.53 bits per heavy atom. The van der Waals surface area contributed by atoms with Crippen LogP contribution in [0.5, 0.6) is 0 Å². The lowest BCUT2D eigenvalue weighted by Crippen LogP contribution is -2.62. The summed E-state index contributed by atoms with van der Waals surface area (Å²) in [5.41, 5.74) is 0.0729. The van der Waals surface area contributed by atoms with Crippen LogP contribution >= 0.6 is 0 Å². The molecule has 0 bridgehead atoms. The van der Waals surface area contributed by atoms with Gasteiger partial charge in [0.2, 0.25) is 0 Å². The number of rotatable bonds is 6. The summed E-state index contributed by atoms with van der Waals surface area (Å²) in [5.74, 6) is 1.17. The predicted molar refractivity (Wildman–Crippen MR) is 81.2 cm³/mol. The largest absolute Gasteiger partial charge is 0.309 e. The quantitative estimate of drug-likeness (QED) is 0.806. The smallest absolute Gasteiger partial charge is 0.151 e. The summed E-state index contributed by atoms with van der Waals surface area (Å²) in [6.45, 7) is 13.1. The molecular formula is C14H30N2O2S. The first-order valence-electron chi connectivity index (χ1n) is 7.34. The molecule has 0 spiro atoms. The molecule has 0 aromatic rings. The van der Waals surface area contributed by atoms with Gasteiger partial charge in [0.25, 0.3) is 0 Å². The van der Waals surface area contributed by atoms with E-state index >= 15 is 0 Å². The van der Waals surface area contributed by atoms with Crippen molar-refractivity contribution in [2.75, 3.05) is 31.1 Å². The minimum Gasteiger partial charge on any atom is -0.309 e. The summed E-state index contributed by atoms with van der Waals surface area (Å²) in [4.78, 5) is 2.36. The fraction of sp³-hybridized carbons (Fsp3) is 1.00. The lowest BCUT2D eigenvalue weighted by molar-refractivity contribution is 0.0888. The van der Waals surface area contributed by atoms with Crippen LogP contribution in [0.2, 0.25) is 0 Å². The summed E-state index contributed by atoms with van der Waals surface area (Å²) in [5, 5.41) is 3.56. The van der Waals surface area contributed by atoms with Crippen LogP contribution < -0.4 is 5.32 Å². The zero-order valence-electron chi connectivity index (χ0n) is 13.1. The molecule has 1 fully saturated rings. The van der Waals surface area contributed by atoms with Crippen molar-refractivity contribution in [1.82, 2.24) is 10.2 Å². The van der Waals surface area contributed by atoms with Crippen molar-refractivity contribution < 1.29 is 8.42 Å². The van der Waals surface area contributed by atoms with Crippen LogP contribution in [0.4, 0.5) is 0 Å². The minimum atomic E-state index is -2.87. The molecular weight excluding hydrogens is 260 g/mol. The summed E-state index contributed by atoms with van der Waals surface area (Å²) < 4.78 is 23.4. The van der Waals surface area contributed by atoms with Crippen LogP contribution in [-0.4, -0.2) is 56.0 Å². The van der Waals surface area contributed by atoms with Crippen LogP contribution in [0.1, 0.15) is 41.0 Å². The maximum atomic E-state index is 11.7. The molecule has 1 unspecified atom stereocenters. The van der Waals surface area contributed by atoms with Gasteiger partial charge in [0.15, 0.2) is 9.84 Å². The number of hydrogen-bond donors (Lipinski definition) is 1. The predicted octanol–water partition coefficient (Wildman–Crippen LogP) is 1.52. The molecule has 0 aromatic heterocycles. The first-order valence-corrected chi connectivity index (χ1v) is 9.17. The van der Waals surface area contributed by atoms with Crippen LogP contribution in [0.3, 0.4) is 0 Å². The Hall–Kier alpha value is -0.130. The van der Waals surface area contributed by atoms with Gasteiger partial charge in [-0.05, 0) is 26.2 Å². The van der Waals surface area contributed by atoms with Crippen molar-refractivity contribution in [1.29, 1.82) is 0 Å². The monoisotopic (exact) mass is 290 g/mol. The fourth-order valence-corrected chi connectivity index (χ4v) is 3.46. The highest BCUT2D eigenvalue weighted by Gasteiger charge is 2.32. The number of nitrogens with zero attached hydrogens (tertiary/aromatic N) is 1. The Morgan fingerprint density at radius 2 is 2.00 bits per heavy atom. The van der Waals surface area contributed by atoms with Crippen LogP contribution in [0.25, 0.3) is 0 Å². The van der Waals surface area contributed by atoms with Gasteiger partial charge in [-0.3, -0.25) is 4.90 Å². The highest BCUT2D eigenvalue weighted by atomic mass is 32.2. The van der Waals surface area contributed by atoms with Crippen molar-refractivity contribution in [3.8, 4) is 0 Å². The van der Waals surface area contributed by atoms with Gasteiger partial charge >= 0.3 is 0 Å². The second-order valence-electron chi connectivity index (χ2n) is 6.76. The van der Waals surface area contributed by atoms with E-state index in [4.69, 9.17) is 0 Å². The van der Waals surface area contributed by atoms with Gasteiger partial charge in [-0.25, -0.2) is 8.42 Å². The van der Waals surface area contributed by atoms with Crippen molar-refractivity contribution in [2.24, 2.45) is 5.92 Å². The second-order valence-corrected chi connectivity index (χ2v) is 9.23. The standard InChI is InChI=1S/C14H30N2O2S/c1-6-19(17,18)8-7-16-11-14(4,5)15-10-13(16)9-12(2)3/h12-13,15H,6-11H2,1-5H3. The van der Waals surface area contributed by atoms with Crippen molar-refractivity contribution in [3.63, 3.8) is 0 Å². The minimum absolute atomic E-state index is 0.0729. The molecule has 1 aliphatic rings. The highest BCUT2D eigenvalue weighted by molar-refractivity contribution is 7.91. The maximum absolute atomic E-state index is 11.7. The Bertz CT molecular complexity index is 377. The number of hydrogen-bond acceptors (Lipinski definition) is 4. The third kappa shape index (κ3) is 5.79. The van der Waals surface area contributed by atoms with Crippen molar-refractivity contribution >= 4 is 9.84 Å². The van der Waals surface area contributed by atoms with E-state index in [1.165, 1.54) is 0 Å². The van der Waals surface area contributed by atoms with Gasteiger partial charge in [0, 0.05) is 37.0 Å². The van der Waals surface area contributed by atoms with Gasteiger partial charge in [-0.1, -0.05) is 20.8 Å². The zero-order chi connectivity index (χ0) is 14.7. The lowest BCUT2D eigenvalue weighted by Gasteiger charge is -2.45. The first kappa shape index (κ1) is 16.9. The Morgan fingerprint density at radius 1 is 1.37 bits per heavy atom. The number of sulfone groups is 1. The van der Waals surface area contributed by atoms with Gasteiger partial charge in [0.05, 0.1) is 5.75 Å². The van der Waals surface area contributed by atoms with Gasteiger partial charge in [-0.15, -0.1) is 0 Å². The summed E-state index contributed by atoms with van der Waals surface area (Å²) in [6.07, 6.45) is 1.12. The van der Waals surface area contributed by atoms with Crippen LogP contribution in [-0.2, 0) is 9.84 Å². The molecule has 1 heterocycles. The molecule has 0 radical (unpaired) electrons. The van der Waals surface area contributed by atoms with Crippen LogP contribution in [0.15, 0.2) is 0 Å². The third-order valence-electron chi connectivity index (χ3n) is 3.80. The fourth-order valence-electron chi connectivity index (χ4n) is 2.65. The molecule has 19 heavy (non-hydrogen) atoms. The lowest BCUT2D eigenvalue weighted by atomic mass is 9.94. The van der Waals surface area contributed by atoms with Crippen molar-refractivity contribution in [2.45, 2.75) is 52.6 Å². The second kappa shape index (κ2) is 6.55. The summed E-state index contributed by atoms with van der Waals surface area (Å²) >= 11 is 0. The number of piperazine rings is 1. The van der Waals surface area contributed by atoms with Gasteiger partial charge < -0.3 is 5.32 Å². The van der Waals surface area contributed by atoms with E-state index in [2.05, 4.69) is 37.9 Å². The van der Waals surface area contributed by atoms with E-state index in [0.29, 0.717) is 18.5 Å².